The number of nitrogens with one attached hydrogen (secondary N) is 1. The number of hydrogen-bond acceptors (Lipinski definition) is 3. The lowest BCUT2D eigenvalue weighted by atomic mass is 9.85. The number of thiophene rings is 1. The molecule has 5 heteroatoms. The van der Waals surface area contributed by atoms with Crippen molar-refractivity contribution in [3.8, 4) is 0 Å². The van der Waals surface area contributed by atoms with E-state index in [0.29, 0.717) is 25.0 Å². The summed E-state index contributed by atoms with van der Waals surface area (Å²) >= 11 is 1.48. The highest BCUT2D eigenvalue weighted by Gasteiger charge is 2.30. The first-order valence-electron chi connectivity index (χ1n) is 8.78. The number of hydrogen-bond donors (Lipinski definition) is 1. The van der Waals surface area contributed by atoms with Crippen molar-refractivity contribution in [1.29, 1.82) is 0 Å². The molecule has 126 valence electrons. The van der Waals surface area contributed by atoms with Crippen LogP contribution in [0, 0.1) is 11.8 Å². The highest BCUT2D eigenvalue weighted by Crippen LogP contribution is 2.25. The molecule has 2 heterocycles. The van der Waals surface area contributed by atoms with Gasteiger partial charge in [-0.1, -0.05) is 25.8 Å². The van der Waals surface area contributed by atoms with E-state index in [1.54, 1.807) is 0 Å². The molecule has 2 amide bonds. The maximum absolute atomic E-state index is 12.5. The van der Waals surface area contributed by atoms with Gasteiger partial charge in [0.25, 0.3) is 5.91 Å². The summed E-state index contributed by atoms with van der Waals surface area (Å²) < 4.78 is 0. The summed E-state index contributed by atoms with van der Waals surface area (Å²) in [6, 6.07) is 4.13. The molecule has 1 aliphatic carbocycles. The van der Waals surface area contributed by atoms with E-state index in [4.69, 9.17) is 0 Å². The number of carbonyl (C=O) groups excluding carboxylic acids is 2. The second-order valence-electron chi connectivity index (χ2n) is 6.92. The number of carbonyl (C=O) groups is 2. The molecule has 2 atom stereocenters. The Hall–Kier alpha value is -1.36. The van der Waals surface area contributed by atoms with Crippen molar-refractivity contribution in [2.75, 3.05) is 13.1 Å². The van der Waals surface area contributed by atoms with Gasteiger partial charge in [-0.2, -0.15) is 0 Å². The molecule has 1 saturated carbocycles. The van der Waals surface area contributed by atoms with Gasteiger partial charge < -0.3 is 10.2 Å². The Kier molecular flexibility index (Phi) is 5.36. The minimum atomic E-state index is 0.0662. The first kappa shape index (κ1) is 16.5. The van der Waals surface area contributed by atoms with Crippen LogP contribution in [-0.2, 0) is 4.79 Å². The third kappa shape index (κ3) is 3.94. The van der Waals surface area contributed by atoms with E-state index < -0.39 is 0 Å². The molecule has 4 nitrogen and oxygen atoms in total. The molecule has 1 aromatic heterocycles. The fourth-order valence-electron chi connectivity index (χ4n) is 3.73. The molecule has 2 fully saturated rings. The summed E-state index contributed by atoms with van der Waals surface area (Å²) in [5.74, 6) is 0.969. The van der Waals surface area contributed by atoms with Gasteiger partial charge in [-0.3, -0.25) is 9.59 Å². The van der Waals surface area contributed by atoms with Gasteiger partial charge in [-0.25, -0.2) is 0 Å². The third-order valence-electron chi connectivity index (χ3n) is 5.32. The van der Waals surface area contributed by atoms with Gasteiger partial charge in [0, 0.05) is 25.0 Å². The molecular weight excluding hydrogens is 308 g/mol. The van der Waals surface area contributed by atoms with Gasteiger partial charge in [0.1, 0.15) is 0 Å². The van der Waals surface area contributed by atoms with Gasteiger partial charge in [0.05, 0.1) is 4.88 Å². The first-order valence-corrected chi connectivity index (χ1v) is 9.66. The highest BCUT2D eigenvalue weighted by atomic mass is 32.1. The predicted octanol–water partition coefficient (Wildman–Crippen LogP) is 3.30. The standard InChI is InChI=1S/C18H26N2O2S/c1-13-5-2-3-6-15(13)19-17(21)14-8-10-20(11-9-14)18(22)16-7-4-12-23-16/h4,7,12-15H,2-3,5-6,8-11H2,1H3,(H,19,21)/t13-,15-/m1/s1. The van der Waals surface area contributed by atoms with Crippen molar-refractivity contribution in [3.63, 3.8) is 0 Å². The summed E-state index contributed by atoms with van der Waals surface area (Å²) in [7, 11) is 0. The van der Waals surface area contributed by atoms with Crippen molar-refractivity contribution in [3.05, 3.63) is 22.4 Å². The fraction of sp³-hybridized carbons (Fsp3) is 0.667. The molecule has 1 aromatic rings. The zero-order valence-corrected chi connectivity index (χ0v) is 14.6. The van der Waals surface area contributed by atoms with Crippen LogP contribution in [0.1, 0.15) is 55.1 Å². The van der Waals surface area contributed by atoms with Crippen molar-refractivity contribution < 1.29 is 9.59 Å². The van der Waals surface area contributed by atoms with Crippen molar-refractivity contribution in [2.24, 2.45) is 11.8 Å². The molecule has 1 saturated heterocycles. The monoisotopic (exact) mass is 334 g/mol. The highest BCUT2D eigenvalue weighted by molar-refractivity contribution is 7.12. The zero-order chi connectivity index (χ0) is 16.2. The summed E-state index contributed by atoms with van der Waals surface area (Å²) in [5, 5.41) is 5.20. The van der Waals surface area contributed by atoms with Gasteiger partial charge in [0.2, 0.25) is 5.91 Å². The molecule has 1 aliphatic heterocycles. The summed E-state index contributed by atoms with van der Waals surface area (Å²) in [5.41, 5.74) is 0. The SMILES string of the molecule is C[C@@H]1CCCC[C@H]1NC(=O)C1CCN(C(=O)c2cccs2)CC1. The van der Waals surface area contributed by atoms with Crippen LogP contribution in [0.5, 0.6) is 0 Å². The smallest absolute Gasteiger partial charge is 0.263 e. The van der Waals surface area contributed by atoms with E-state index in [1.165, 1.54) is 30.6 Å². The molecule has 0 radical (unpaired) electrons. The van der Waals surface area contributed by atoms with Crippen molar-refractivity contribution >= 4 is 23.2 Å². The van der Waals surface area contributed by atoms with E-state index in [1.807, 2.05) is 22.4 Å². The van der Waals surface area contributed by atoms with Crippen LogP contribution in [0.15, 0.2) is 17.5 Å². The van der Waals surface area contributed by atoms with Crippen LogP contribution in [0.3, 0.4) is 0 Å². The van der Waals surface area contributed by atoms with Crippen LogP contribution in [-0.4, -0.2) is 35.8 Å². The van der Waals surface area contributed by atoms with E-state index in [9.17, 15) is 9.59 Å². The largest absolute Gasteiger partial charge is 0.353 e. The zero-order valence-electron chi connectivity index (χ0n) is 13.8. The predicted molar refractivity (Wildman–Crippen MR) is 92.5 cm³/mol. The van der Waals surface area contributed by atoms with Gasteiger partial charge in [-0.15, -0.1) is 11.3 Å². The number of rotatable bonds is 3. The molecule has 3 rings (SSSR count). The molecule has 0 aromatic carbocycles. The molecule has 0 unspecified atom stereocenters. The number of amides is 2. The van der Waals surface area contributed by atoms with Crippen molar-refractivity contribution in [2.45, 2.75) is 51.5 Å². The Morgan fingerprint density at radius 1 is 1.17 bits per heavy atom. The van der Waals surface area contributed by atoms with Gasteiger partial charge in [0.15, 0.2) is 0 Å². The maximum atomic E-state index is 12.5. The second-order valence-corrected chi connectivity index (χ2v) is 7.87. The molecular formula is C18H26N2O2S. The Morgan fingerprint density at radius 2 is 1.91 bits per heavy atom. The average Bonchev–Trinajstić information content (AvgIpc) is 3.11. The molecule has 0 bridgehead atoms. The van der Waals surface area contributed by atoms with Crippen LogP contribution < -0.4 is 5.32 Å². The Labute approximate surface area is 142 Å². The molecule has 0 spiro atoms. The lowest BCUT2D eigenvalue weighted by Gasteiger charge is -2.34. The number of piperidine rings is 1. The first-order chi connectivity index (χ1) is 11.1. The maximum Gasteiger partial charge on any atom is 0.263 e. The quantitative estimate of drug-likeness (QED) is 0.922. The Bertz CT molecular complexity index is 535. The topological polar surface area (TPSA) is 49.4 Å². The molecule has 1 N–H and O–H groups in total. The Balaban J connectivity index is 1.48. The van der Waals surface area contributed by atoms with Gasteiger partial charge in [-0.05, 0) is 43.0 Å². The number of nitrogens with zero attached hydrogens (tertiary/aromatic N) is 1. The van der Waals surface area contributed by atoms with Crippen molar-refractivity contribution in [1.82, 2.24) is 10.2 Å². The summed E-state index contributed by atoms with van der Waals surface area (Å²) in [4.78, 5) is 27.5. The second kappa shape index (κ2) is 7.47. The lowest BCUT2D eigenvalue weighted by molar-refractivity contribution is -0.127. The van der Waals surface area contributed by atoms with Gasteiger partial charge >= 0.3 is 0 Å². The van der Waals surface area contributed by atoms with E-state index in [2.05, 4.69) is 12.2 Å². The minimum absolute atomic E-state index is 0.0662. The Morgan fingerprint density at radius 3 is 2.57 bits per heavy atom. The van der Waals surface area contributed by atoms with Crippen LogP contribution in [0.4, 0.5) is 0 Å². The van der Waals surface area contributed by atoms with Crippen LogP contribution in [0.2, 0.25) is 0 Å². The normalized spacial score (nSPS) is 26.0. The average molecular weight is 334 g/mol. The number of likely N-dealkylation sites (tertiary alicyclic amines) is 1. The summed E-state index contributed by atoms with van der Waals surface area (Å²) in [6.45, 7) is 3.62. The molecule has 23 heavy (non-hydrogen) atoms. The molecule has 2 aliphatic rings. The van der Waals surface area contributed by atoms with Crippen LogP contribution >= 0.6 is 11.3 Å². The lowest BCUT2D eigenvalue weighted by Crippen LogP contribution is -2.47. The summed E-state index contributed by atoms with van der Waals surface area (Å²) in [6.07, 6.45) is 6.41. The van der Waals surface area contributed by atoms with E-state index in [0.717, 1.165) is 24.1 Å². The van der Waals surface area contributed by atoms with Crippen LogP contribution in [0.25, 0.3) is 0 Å². The van der Waals surface area contributed by atoms with E-state index >= 15 is 0 Å². The third-order valence-corrected chi connectivity index (χ3v) is 6.18. The minimum Gasteiger partial charge on any atom is -0.353 e. The fourth-order valence-corrected chi connectivity index (χ4v) is 4.42. The van der Waals surface area contributed by atoms with E-state index in [-0.39, 0.29) is 17.7 Å².